The maximum atomic E-state index is 4.68. The van der Waals surface area contributed by atoms with Crippen molar-refractivity contribution < 1.29 is 0 Å². The minimum Gasteiger partial charge on any atom is -0.327 e. The fourth-order valence-corrected chi connectivity index (χ4v) is 4.32. The summed E-state index contributed by atoms with van der Waals surface area (Å²) in [5.41, 5.74) is 5.06. The predicted octanol–water partition coefficient (Wildman–Crippen LogP) is 5.01. The van der Waals surface area contributed by atoms with Crippen molar-refractivity contribution in [2.45, 2.75) is 38.1 Å². The first-order valence-electron chi connectivity index (χ1n) is 8.76. The van der Waals surface area contributed by atoms with Crippen molar-refractivity contribution in [1.82, 2.24) is 23.9 Å². The van der Waals surface area contributed by atoms with E-state index in [9.17, 15) is 0 Å². The summed E-state index contributed by atoms with van der Waals surface area (Å²) in [7, 11) is 0. The Bertz CT molecular complexity index is 1060. The molecule has 0 saturated heterocycles. The normalized spacial score (nSPS) is 16.0. The Balaban J connectivity index is 1.67. The minimum atomic E-state index is 0.566. The molecule has 126 valence electrons. The summed E-state index contributed by atoms with van der Waals surface area (Å²) in [6.07, 6.45) is 14.1. The number of rotatable bonds is 2. The standard InChI is InChI=1S/C19H18BrN5/c20-17-11-24-9-8-21-19(24)18(23-17)13-6-7-15-16(10-13)25(12-22-15)14-4-2-1-3-5-14/h6-12,14H,1-5H2. The number of imidazole rings is 2. The van der Waals surface area contributed by atoms with E-state index in [0.717, 1.165) is 27.0 Å². The smallest absolute Gasteiger partial charge is 0.163 e. The Morgan fingerprint density at radius 3 is 2.84 bits per heavy atom. The lowest BCUT2D eigenvalue weighted by Gasteiger charge is -2.23. The van der Waals surface area contributed by atoms with Gasteiger partial charge < -0.3 is 8.97 Å². The molecule has 1 fully saturated rings. The van der Waals surface area contributed by atoms with E-state index in [1.807, 2.05) is 23.1 Å². The quantitative estimate of drug-likeness (QED) is 0.478. The van der Waals surface area contributed by atoms with Gasteiger partial charge in [0.05, 0.1) is 17.4 Å². The zero-order valence-electron chi connectivity index (χ0n) is 13.8. The predicted molar refractivity (Wildman–Crippen MR) is 102 cm³/mol. The fraction of sp³-hybridized carbons (Fsp3) is 0.316. The van der Waals surface area contributed by atoms with Crippen molar-refractivity contribution in [3.8, 4) is 11.3 Å². The fourth-order valence-electron chi connectivity index (χ4n) is 3.92. The molecule has 1 aliphatic rings. The van der Waals surface area contributed by atoms with E-state index in [4.69, 9.17) is 0 Å². The Morgan fingerprint density at radius 1 is 1.08 bits per heavy atom. The van der Waals surface area contributed by atoms with Crippen LogP contribution in [0, 0.1) is 0 Å². The highest BCUT2D eigenvalue weighted by molar-refractivity contribution is 9.10. The zero-order chi connectivity index (χ0) is 16.8. The first-order chi connectivity index (χ1) is 12.3. The molecule has 5 rings (SSSR count). The third-order valence-corrected chi connectivity index (χ3v) is 5.54. The largest absolute Gasteiger partial charge is 0.327 e. The number of aromatic nitrogens is 5. The van der Waals surface area contributed by atoms with E-state index in [1.165, 1.54) is 37.6 Å². The summed E-state index contributed by atoms with van der Waals surface area (Å²) in [6.45, 7) is 0. The molecule has 0 N–H and O–H groups in total. The van der Waals surface area contributed by atoms with Gasteiger partial charge >= 0.3 is 0 Å². The molecule has 0 bridgehead atoms. The molecule has 1 saturated carbocycles. The van der Waals surface area contributed by atoms with E-state index >= 15 is 0 Å². The molecule has 0 unspecified atom stereocenters. The number of halogens is 1. The average molecular weight is 396 g/mol. The van der Waals surface area contributed by atoms with E-state index in [2.05, 4.69) is 53.6 Å². The van der Waals surface area contributed by atoms with Gasteiger partial charge in [0.1, 0.15) is 10.3 Å². The number of hydrogen-bond acceptors (Lipinski definition) is 3. The van der Waals surface area contributed by atoms with E-state index in [0.29, 0.717) is 6.04 Å². The second kappa shape index (κ2) is 5.95. The summed E-state index contributed by atoms with van der Waals surface area (Å²) in [5.74, 6) is 0. The number of nitrogens with zero attached hydrogens (tertiary/aromatic N) is 5. The molecule has 0 aliphatic heterocycles. The minimum absolute atomic E-state index is 0.566. The molecule has 1 aromatic carbocycles. The first kappa shape index (κ1) is 15.1. The van der Waals surface area contributed by atoms with Gasteiger partial charge in [-0.3, -0.25) is 0 Å². The van der Waals surface area contributed by atoms with Crippen LogP contribution in [0.25, 0.3) is 27.9 Å². The van der Waals surface area contributed by atoms with Gasteiger partial charge in [-0.15, -0.1) is 0 Å². The summed E-state index contributed by atoms with van der Waals surface area (Å²) < 4.78 is 5.15. The maximum Gasteiger partial charge on any atom is 0.163 e. The molecule has 5 nitrogen and oxygen atoms in total. The van der Waals surface area contributed by atoms with Crippen LogP contribution in [0.15, 0.2) is 47.7 Å². The lowest BCUT2D eigenvalue weighted by Crippen LogP contribution is -2.11. The van der Waals surface area contributed by atoms with Gasteiger partial charge in [-0.1, -0.05) is 25.3 Å². The molecule has 0 amide bonds. The third-order valence-electron chi connectivity index (χ3n) is 5.16. The lowest BCUT2D eigenvalue weighted by molar-refractivity contribution is 0.359. The van der Waals surface area contributed by atoms with Crippen LogP contribution in [0.3, 0.4) is 0 Å². The monoisotopic (exact) mass is 395 g/mol. The molecule has 25 heavy (non-hydrogen) atoms. The maximum absolute atomic E-state index is 4.68. The Labute approximate surface area is 153 Å². The highest BCUT2D eigenvalue weighted by Crippen LogP contribution is 2.33. The van der Waals surface area contributed by atoms with Gasteiger partial charge in [0, 0.05) is 30.2 Å². The van der Waals surface area contributed by atoms with Crippen LogP contribution in [0.4, 0.5) is 0 Å². The number of benzene rings is 1. The van der Waals surface area contributed by atoms with Crippen LogP contribution in [-0.4, -0.2) is 23.9 Å². The highest BCUT2D eigenvalue weighted by Gasteiger charge is 2.18. The summed E-state index contributed by atoms with van der Waals surface area (Å²) in [4.78, 5) is 13.8. The van der Waals surface area contributed by atoms with Crippen molar-refractivity contribution >= 4 is 32.6 Å². The topological polar surface area (TPSA) is 48.0 Å². The van der Waals surface area contributed by atoms with E-state index in [1.54, 1.807) is 6.20 Å². The van der Waals surface area contributed by atoms with Gasteiger partial charge in [-0.25, -0.2) is 15.0 Å². The van der Waals surface area contributed by atoms with E-state index in [-0.39, 0.29) is 0 Å². The Hall–Kier alpha value is -2.21. The first-order valence-corrected chi connectivity index (χ1v) is 9.55. The Kier molecular flexibility index (Phi) is 3.59. The van der Waals surface area contributed by atoms with Gasteiger partial charge in [-0.05, 0) is 40.9 Å². The molecule has 0 spiro atoms. The van der Waals surface area contributed by atoms with Crippen molar-refractivity contribution in [1.29, 1.82) is 0 Å². The lowest BCUT2D eigenvalue weighted by atomic mass is 9.95. The molecule has 4 aromatic rings. The van der Waals surface area contributed by atoms with Gasteiger partial charge in [-0.2, -0.15) is 0 Å². The Morgan fingerprint density at radius 2 is 1.96 bits per heavy atom. The summed E-state index contributed by atoms with van der Waals surface area (Å²) in [6, 6.07) is 6.95. The van der Waals surface area contributed by atoms with Crippen LogP contribution >= 0.6 is 15.9 Å². The zero-order valence-corrected chi connectivity index (χ0v) is 15.4. The second-order valence-electron chi connectivity index (χ2n) is 6.72. The third kappa shape index (κ3) is 2.56. The highest BCUT2D eigenvalue weighted by atomic mass is 79.9. The van der Waals surface area contributed by atoms with Crippen molar-refractivity contribution in [2.75, 3.05) is 0 Å². The van der Waals surface area contributed by atoms with Crippen LogP contribution < -0.4 is 0 Å². The molecule has 0 atom stereocenters. The average Bonchev–Trinajstić information content (AvgIpc) is 3.27. The van der Waals surface area contributed by atoms with Crippen LogP contribution in [-0.2, 0) is 0 Å². The van der Waals surface area contributed by atoms with Crippen molar-refractivity contribution in [3.05, 3.63) is 47.7 Å². The summed E-state index contributed by atoms with van der Waals surface area (Å²) >= 11 is 3.51. The molecular weight excluding hydrogens is 378 g/mol. The van der Waals surface area contributed by atoms with Gasteiger partial charge in [0.25, 0.3) is 0 Å². The van der Waals surface area contributed by atoms with E-state index < -0.39 is 0 Å². The molecular formula is C19H18BrN5. The molecule has 3 heterocycles. The number of fused-ring (bicyclic) bond motifs is 2. The number of hydrogen-bond donors (Lipinski definition) is 0. The van der Waals surface area contributed by atoms with Crippen LogP contribution in [0.5, 0.6) is 0 Å². The van der Waals surface area contributed by atoms with Crippen LogP contribution in [0.2, 0.25) is 0 Å². The van der Waals surface area contributed by atoms with Crippen molar-refractivity contribution in [2.24, 2.45) is 0 Å². The molecule has 6 heteroatoms. The molecule has 0 radical (unpaired) electrons. The molecule has 1 aliphatic carbocycles. The molecule has 3 aromatic heterocycles. The van der Waals surface area contributed by atoms with Crippen molar-refractivity contribution in [3.63, 3.8) is 0 Å². The van der Waals surface area contributed by atoms with Gasteiger partial charge in [0.15, 0.2) is 5.65 Å². The van der Waals surface area contributed by atoms with Gasteiger partial charge in [0.2, 0.25) is 0 Å². The second-order valence-corrected chi connectivity index (χ2v) is 7.53. The SMILES string of the molecule is Brc1cn2ccnc2c(-c2ccc3ncn(C4CCCCC4)c3c2)n1. The summed E-state index contributed by atoms with van der Waals surface area (Å²) in [5, 5.41) is 0. The van der Waals surface area contributed by atoms with Crippen LogP contribution in [0.1, 0.15) is 38.1 Å².